The van der Waals surface area contributed by atoms with Gasteiger partial charge in [0.25, 0.3) is 11.8 Å². The first kappa shape index (κ1) is 21.3. The molecule has 10 heteroatoms. The summed E-state index contributed by atoms with van der Waals surface area (Å²) < 4.78 is 50.4. The van der Waals surface area contributed by atoms with Crippen LogP contribution in [0.5, 0.6) is 0 Å². The number of hydrazone groups is 1. The molecule has 0 unspecified atom stereocenters. The van der Waals surface area contributed by atoms with Gasteiger partial charge < -0.3 is 9.88 Å². The number of fused-ring (bicyclic) bond motifs is 3. The number of benzene rings is 2. The van der Waals surface area contributed by atoms with E-state index in [9.17, 15) is 27.2 Å². The lowest BCUT2D eigenvalue weighted by Crippen LogP contribution is -2.29. The highest BCUT2D eigenvalue weighted by molar-refractivity contribution is 6.21. The van der Waals surface area contributed by atoms with Gasteiger partial charge in [-0.25, -0.2) is 9.82 Å². The summed E-state index contributed by atoms with van der Waals surface area (Å²) in [5.74, 6) is -1.90. The number of carbonyl (C=O) groups excluding carboxylic acids is 2. The molecule has 2 amide bonds. The zero-order valence-corrected chi connectivity index (χ0v) is 16.4. The Morgan fingerprint density at radius 3 is 2.53 bits per heavy atom. The summed E-state index contributed by atoms with van der Waals surface area (Å²) in [5.41, 5.74) is 3.89. The predicted molar refractivity (Wildman–Crippen MR) is 110 cm³/mol. The summed E-state index contributed by atoms with van der Waals surface area (Å²) in [5, 5.41) is 3.79. The Kier molecular flexibility index (Phi) is 5.52. The molecule has 1 aliphatic rings. The van der Waals surface area contributed by atoms with E-state index in [4.69, 9.17) is 0 Å². The molecule has 0 radical (unpaired) electrons. The minimum atomic E-state index is -4.69. The van der Waals surface area contributed by atoms with Gasteiger partial charge in [-0.05, 0) is 42.3 Å². The Morgan fingerprint density at radius 1 is 1.09 bits per heavy atom. The predicted octanol–water partition coefficient (Wildman–Crippen LogP) is 4.01. The van der Waals surface area contributed by atoms with Gasteiger partial charge in [-0.15, -0.1) is 0 Å². The molecule has 0 fully saturated rings. The second-order valence-corrected chi connectivity index (χ2v) is 7.06. The molecule has 2 aromatic carbocycles. The van der Waals surface area contributed by atoms with E-state index in [2.05, 4.69) is 10.1 Å². The first-order chi connectivity index (χ1) is 15.2. The molecule has 6 nitrogen and oxygen atoms in total. The SMILES string of the molecule is O=C(NN=CC(F)(F)F)C1=CN(C(=O)c2ccc(F)cc2)CCc2c1[nH]c1ccccc21. The molecule has 164 valence electrons. The van der Waals surface area contributed by atoms with E-state index in [1.165, 1.54) is 23.2 Å². The van der Waals surface area contributed by atoms with Crippen LogP contribution in [0.3, 0.4) is 0 Å². The third kappa shape index (κ3) is 4.39. The Hall–Kier alpha value is -3.95. The van der Waals surface area contributed by atoms with Crippen LogP contribution in [-0.2, 0) is 11.2 Å². The first-order valence-electron chi connectivity index (χ1n) is 9.52. The standard InChI is InChI=1S/C22H16F4N4O2/c23-14-7-5-13(6-8-14)21(32)30-10-9-16-15-3-1-2-4-18(15)28-19(16)17(11-30)20(31)29-27-12-22(24,25)26/h1-8,11-12,28H,9-10H2,(H,29,31). The number of nitrogens with zero attached hydrogens (tertiary/aromatic N) is 2. The van der Waals surface area contributed by atoms with Gasteiger partial charge in [-0.3, -0.25) is 9.59 Å². The van der Waals surface area contributed by atoms with Crippen LogP contribution in [0.2, 0.25) is 0 Å². The molecule has 1 aromatic heterocycles. The van der Waals surface area contributed by atoms with Crippen molar-refractivity contribution in [1.82, 2.24) is 15.3 Å². The third-order valence-corrected chi connectivity index (χ3v) is 4.94. The number of hydrogen-bond donors (Lipinski definition) is 2. The third-order valence-electron chi connectivity index (χ3n) is 4.94. The Bertz CT molecular complexity index is 1240. The monoisotopic (exact) mass is 444 g/mol. The number of amides is 2. The number of H-pyrrole nitrogens is 1. The molecule has 0 saturated heterocycles. The quantitative estimate of drug-likeness (QED) is 0.364. The molecule has 0 bridgehead atoms. The van der Waals surface area contributed by atoms with Gasteiger partial charge in [0.1, 0.15) is 12.0 Å². The number of aromatic nitrogens is 1. The highest BCUT2D eigenvalue weighted by atomic mass is 19.4. The van der Waals surface area contributed by atoms with Crippen molar-refractivity contribution in [3.63, 3.8) is 0 Å². The fourth-order valence-corrected chi connectivity index (χ4v) is 3.52. The number of para-hydroxylation sites is 1. The molecule has 4 rings (SSSR count). The van der Waals surface area contributed by atoms with Crippen molar-refractivity contribution in [2.45, 2.75) is 12.6 Å². The van der Waals surface area contributed by atoms with Crippen molar-refractivity contribution in [3.05, 3.63) is 77.4 Å². The lowest BCUT2D eigenvalue weighted by atomic mass is 10.0. The molecule has 32 heavy (non-hydrogen) atoms. The van der Waals surface area contributed by atoms with Crippen LogP contribution in [0.15, 0.2) is 59.8 Å². The number of carbonyl (C=O) groups is 2. The van der Waals surface area contributed by atoms with Crippen molar-refractivity contribution >= 4 is 34.5 Å². The van der Waals surface area contributed by atoms with Crippen LogP contribution in [0.4, 0.5) is 17.6 Å². The zero-order chi connectivity index (χ0) is 22.9. The normalized spacial score (nSPS) is 14.2. The van der Waals surface area contributed by atoms with Crippen LogP contribution in [-0.4, -0.2) is 40.6 Å². The van der Waals surface area contributed by atoms with Crippen molar-refractivity contribution in [2.24, 2.45) is 5.10 Å². The fraction of sp³-hybridized carbons (Fsp3) is 0.136. The van der Waals surface area contributed by atoms with E-state index in [1.807, 2.05) is 23.6 Å². The van der Waals surface area contributed by atoms with Crippen LogP contribution in [0.25, 0.3) is 16.5 Å². The van der Waals surface area contributed by atoms with Crippen LogP contribution < -0.4 is 5.43 Å². The lowest BCUT2D eigenvalue weighted by molar-refractivity contribution is -0.115. The minimum absolute atomic E-state index is 0.0523. The summed E-state index contributed by atoms with van der Waals surface area (Å²) in [4.78, 5) is 30.1. The number of halogens is 4. The molecular formula is C22H16F4N4O2. The van der Waals surface area contributed by atoms with Gasteiger partial charge >= 0.3 is 6.18 Å². The number of alkyl halides is 3. The van der Waals surface area contributed by atoms with Crippen molar-refractivity contribution in [1.29, 1.82) is 0 Å². The van der Waals surface area contributed by atoms with Gasteiger partial charge in [0, 0.05) is 29.2 Å². The van der Waals surface area contributed by atoms with E-state index in [1.54, 1.807) is 6.07 Å². The summed E-state index contributed by atoms with van der Waals surface area (Å²) in [6.07, 6.45) is -3.38. The van der Waals surface area contributed by atoms with E-state index >= 15 is 0 Å². The van der Waals surface area contributed by atoms with Crippen LogP contribution in [0.1, 0.15) is 21.6 Å². The molecule has 3 aromatic rings. The van der Waals surface area contributed by atoms with Gasteiger partial charge in [0.2, 0.25) is 0 Å². The molecule has 0 aliphatic carbocycles. The van der Waals surface area contributed by atoms with E-state index < -0.39 is 23.8 Å². The second-order valence-electron chi connectivity index (χ2n) is 7.06. The largest absolute Gasteiger partial charge is 0.428 e. The van der Waals surface area contributed by atoms with Crippen LogP contribution >= 0.6 is 0 Å². The summed E-state index contributed by atoms with van der Waals surface area (Å²) >= 11 is 0. The molecule has 0 atom stereocenters. The number of rotatable bonds is 3. The molecule has 0 saturated carbocycles. The average Bonchev–Trinajstić information content (AvgIpc) is 3.00. The number of nitrogens with one attached hydrogen (secondary N) is 2. The van der Waals surface area contributed by atoms with Crippen molar-refractivity contribution < 1.29 is 27.2 Å². The topological polar surface area (TPSA) is 77.6 Å². The highest BCUT2D eigenvalue weighted by Gasteiger charge is 2.28. The van der Waals surface area contributed by atoms with Gasteiger partial charge in [0.15, 0.2) is 0 Å². The summed E-state index contributed by atoms with van der Waals surface area (Å²) in [6, 6.07) is 12.2. The summed E-state index contributed by atoms with van der Waals surface area (Å²) in [7, 11) is 0. The average molecular weight is 444 g/mol. The van der Waals surface area contributed by atoms with Crippen molar-refractivity contribution in [3.8, 4) is 0 Å². The van der Waals surface area contributed by atoms with E-state index in [-0.39, 0.29) is 23.9 Å². The Balaban J connectivity index is 1.74. The van der Waals surface area contributed by atoms with Gasteiger partial charge in [0.05, 0.1) is 11.3 Å². The Morgan fingerprint density at radius 2 is 1.81 bits per heavy atom. The van der Waals surface area contributed by atoms with E-state index in [0.29, 0.717) is 12.1 Å². The fourth-order valence-electron chi connectivity index (χ4n) is 3.52. The smallest absolute Gasteiger partial charge is 0.354 e. The Labute approximate surface area is 179 Å². The van der Waals surface area contributed by atoms with Crippen molar-refractivity contribution in [2.75, 3.05) is 6.54 Å². The molecular weight excluding hydrogens is 428 g/mol. The van der Waals surface area contributed by atoms with Crippen LogP contribution in [0, 0.1) is 5.82 Å². The molecule has 2 heterocycles. The maximum atomic E-state index is 13.2. The van der Waals surface area contributed by atoms with Gasteiger partial charge in [-0.2, -0.15) is 18.3 Å². The second kappa shape index (κ2) is 8.29. The minimum Gasteiger partial charge on any atom is -0.354 e. The first-order valence-corrected chi connectivity index (χ1v) is 9.52. The lowest BCUT2D eigenvalue weighted by Gasteiger charge is -2.18. The maximum absolute atomic E-state index is 13.2. The molecule has 0 spiro atoms. The number of aromatic amines is 1. The molecule has 2 N–H and O–H groups in total. The maximum Gasteiger partial charge on any atom is 0.428 e. The van der Waals surface area contributed by atoms with Gasteiger partial charge in [-0.1, -0.05) is 18.2 Å². The summed E-state index contributed by atoms with van der Waals surface area (Å²) in [6.45, 7) is 0.202. The number of hydrogen-bond acceptors (Lipinski definition) is 3. The highest BCUT2D eigenvalue weighted by Crippen LogP contribution is 2.31. The molecule has 1 aliphatic heterocycles. The zero-order valence-electron chi connectivity index (χ0n) is 16.4. The van der Waals surface area contributed by atoms with E-state index in [0.717, 1.165) is 28.6 Å².